The quantitative estimate of drug-likeness (QED) is 0.259. The molecular formula is C24H36N6O3. The van der Waals surface area contributed by atoms with Gasteiger partial charge < -0.3 is 26.2 Å². The topological polar surface area (TPSA) is 135 Å². The Kier molecular flexibility index (Phi) is 8.20. The van der Waals surface area contributed by atoms with Gasteiger partial charge in [-0.1, -0.05) is 24.5 Å². The number of carbonyl (C=O) groups is 1. The van der Waals surface area contributed by atoms with E-state index in [-0.39, 0.29) is 29.7 Å². The molecule has 1 aromatic heterocycles. The first-order valence-corrected chi connectivity index (χ1v) is 11.6. The number of nitrogens with zero attached hydrogens (tertiary/aromatic N) is 3. The third-order valence-corrected chi connectivity index (χ3v) is 5.85. The third kappa shape index (κ3) is 6.61. The van der Waals surface area contributed by atoms with E-state index in [0.29, 0.717) is 30.9 Å². The van der Waals surface area contributed by atoms with Crippen molar-refractivity contribution < 1.29 is 14.6 Å². The number of ether oxygens (including phenoxy) is 1. The average molecular weight is 457 g/mol. The summed E-state index contributed by atoms with van der Waals surface area (Å²) in [4.78, 5) is 26.5. The van der Waals surface area contributed by atoms with Crippen LogP contribution >= 0.6 is 0 Å². The number of aromatic nitrogens is 2. The maximum Gasteiger partial charge on any atom is 0.289 e. The molecular weight excluding hydrogens is 420 g/mol. The Morgan fingerprint density at radius 1 is 1.30 bits per heavy atom. The Hall–Kier alpha value is -2.78. The number of hydrogen-bond donors (Lipinski definition) is 4. The second kappa shape index (κ2) is 10.9. The number of carbonyl (C=O) groups excluding carboxylic acids is 1. The number of aliphatic hydroxyl groups is 1. The van der Waals surface area contributed by atoms with Crippen molar-refractivity contribution in [2.45, 2.75) is 70.6 Å². The predicted molar refractivity (Wildman–Crippen MR) is 131 cm³/mol. The molecule has 0 aliphatic heterocycles. The average Bonchev–Trinajstić information content (AvgIpc) is 2.77. The number of rotatable bonds is 9. The van der Waals surface area contributed by atoms with Crippen molar-refractivity contribution >= 4 is 28.5 Å². The van der Waals surface area contributed by atoms with Crippen LogP contribution in [0, 0.1) is 6.92 Å². The molecule has 3 rings (SSSR count). The molecule has 9 heteroatoms. The summed E-state index contributed by atoms with van der Waals surface area (Å²) in [5.74, 6) is 0.639. The number of nitrogens with two attached hydrogens (primary N) is 1. The molecule has 1 aliphatic rings. The zero-order valence-electron chi connectivity index (χ0n) is 20.0. The van der Waals surface area contributed by atoms with Gasteiger partial charge in [0, 0.05) is 31.7 Å². The first-order chi connectivity index (χ1) is 15.7. The van der Waals surface area contributed by atoms with Crippen LogP contribution in [0.25, 0.3) is 10.9 Å². The molecule has 0 saturated heterocycles. The predicted octanol–water partition coefficient (Wildman–Crippen LogP) is 2.56. The number of amidine groups is 1. The van der Waals surface area contributed by atoms with Crippen LogP contribution in [0.3, 0.4) is 0 Å². The fraction of sp³-hybridized carbons (Fsp3) is 0.583. The Labute approximate surface area is 195 Å². The van der Waals surface area contributed by atoms with Gasteiger partial charge in [-0.2, -0.15) is 0 Å². The highest BCUT2D eigenvalue weighted by Crippen LogP contribution is 2.28. The summed E-state index contributed by atoms with van der Waals surface area (Å²) in [6.07, 6.45) is 4.57. The lowest BCUT2D eigenvalue weighted by atomic mass is 9.90. The van der Waals surface area contributed by atoms with E-state index in [2.05, 4.69) is 25.6 Å². The number of aliphatic imine (C=N–C) groups is 1. The van der Waals surface area contributed by atoms with Crippen LogP contribution < -0.4 is 16.4 Å². The van der Waals surface area contributed by atoms with E-state index in [1.165, 1.54) is 0 Å². The summed E-state index contributed by atoms with van der Waals surface area (Å²) in [5.41, 5.74) is 6.67. The van der Waals surface area contributed by atoms with E-state index in [1.807, 2.05) is 25.1 Å². The first kappa shape index (κ1) is 24.9. The van der Waals surface area contributed by atoms with Gasteiger partial charge >= 0.3 is 0 Å². The van der Waals surface area contributed by atoms with Gasteiger partial charge in [-0.3, -0.25) is 9.79 Å². The molecule has 0 radical (unpaired) electrons. The molecule has 5 N–H and O–H groups in total. The lowest BCUT2D eigenvalue weighted by Gasteiger charge is -2.31. The molecule has 1 amide bonds. The van der Waals surface area contributed by atoms with E-state index in [4.69, 9.17) is 10.5 Å². The summed E-state index contributed by atoms with van der Waals surface area (Å²) in [6.45, 7) is 6.34. The van der Waals surface area contributed by atoms with E-state index in [0.717, 1.165) is 36.6 Å². The van der Waals surface area contributed by atoms with Gasteiger partial charge in [0.05, 0.1) is 11.6 Å². The van der Waals surface area contributed by atoms with Crippen LogP contribution in [-0.2, 0) is 4.74 Å². The number of benzene rings is 1. The van der Waals surface area contributed by atoms with E-state index >= 15 is 0 Å². The molecule has 9 nitrogen and oxygen atoms in total. The number of nitrogens with one attached hydrogen (secondary N) is 2. The molecule has 1 heterocycles. The molecule has 2 atom stereocenters. The zero-order valence-corrected chi connectivity index (χ0v) is 20.0. The molecule has 180 valence electrons. The van der Waals surface area contributed by atoms with Crippen molar-refractivity contribution in [1.82, 2.24) is 15.3 Å². The minimum absolute atomic E-state index is 0.0177. The number of fused-ring (bicyclic) bond motifs is 1. The van der Waals surface area contributed by atoms with Crippen LogP contribution in [0.4, 0.5) is 5.82 Å². The van der Waals surface area contributed by atoms with E-state index in [1.54, 1.807) is 21.0 Å². The number of amides is 1. The minimum Gasteiger partial charge on any atom is -0.385 e. The van der Waals surface area contributed by atoms with Crippen LogP contribution in [0.1, 0.15) is 62.1 Å². The monoisotopic (exact) mass is 456 g/mol. The molecule has 1 aliphatic carbocycles. The third-order valence-electron chi connectivity index (χ3n) is 5.85. The van der Waals surface area contributed by atoms with Gasteiger partial charge in [0.15, 0.2) is 0 Å². The second-order valence-corrected chi connectivity index (χ2v) is 9.19. The lowest BCUT2D eigenvalue weighted by Crippen LogP contribution is -2.43. The van der Waals surface area contributed by atoms with E-state index < -0.39 is 5.60 Å². The fourth-order valence-electron chi connectivity index (χ4n) is 3.90. The van der Waals surface area contributed by atoms with Gasteiger partial charge in [-0.25, -0.2) is 9.97 Å². The zero-order chi connectivity index (χ0) is 24.0. The minimum atomic E-state index is -1.17. The number of hydrogen-bond acceptors (Lipinski definition) is 7. The van der Waals surface area contributed by atoms with Crippen molar-refractivity contribution in [2.24, 2.45) is 10.7 Å². The van der Waals surface area contributed by atoms with Gasteiger partial charge in [0.25, 0.3) is 5.91 Å². The highest BCUT2D eigenvalue weighted by atomic mass is 16.5. The van der Waals surface area contributed by atoms with Gasteiger partial charge in [-0.05, 0) is 52.2 Å². The Balaban J connectivity index is 1.91. The van der Waals surface area contributed by atoms with Crippen molar-refractivity contribution in [3.63, 3.8) is 0 Å². The molecule has 1 saturated carbocycles. The van der Waals surface area contributed by atoms with Crippen molar-refractivity contribution in [3.8, 4) is 0 Å². The number of aryl methyl sites for hydroxylation is 1. The molecule has 2 aromatic rings. The summed E-state index contributed by atoms with van der Waals surface area (Å²) >= 11 is 0. The van der Waals surface area contributed by atoms with Crippen LogP contribution in [-0.4, -0.2) is 64.8 Å². The summed E-state index contributed by atoms with van der Waals surface area (Å²) in [7, 11) is 1.63. The van der Waals surface area contributed by atoms with Gasteiger partial charge in [0.1, 0.15) is 17.3 Å². The van der Waals surface area contributed by atoms with Gasteiger partial charge in [0.2, 0.25) is 5.82 Å². The normalized spacial score (nSPS) is 19.5. The molecule has 1 aromatic carbocycles. The molecule has 33 heavy (non-hydrogen) atoms. The molecule has 1 fully saturated rings. The highest BCUT2D eigenvalue weighted by molar-refractivity contribution is 5.96. The highest BCUT2D eigenvalue weighted by Gasteiger charge is 2.28. The van der Waals surface area contributed by atoms with Crippen LogP contribution in [0.5, 0.6) is 0 Å². The fourth-order valence-corrected chi connectivity index (χ4v) is 3.90. The maximum atomic E-state index is 12.7. The number of methoxy groups -OCH3 is 1. The lowest BCUT2D eigenvalue weighted by molar-refractivity contribution is 0.0938. The maximum absolute atomic E-state index is 12.7. The van der Waals surface area contributed by atoms with Crippen molar-refractivity contribution in [2.75, 3.05) is 25.6 Å². The molecule has 0 unspecified atom stereocenters. The largest absolute Gasteiger partial charge is 0.385 e. The Morgan fingerprint density at radius 3 is 2.79 bits per heavy atom. The summed E-state index contributed by atoms with van der Waals surface area (Å²) in [5, 5.41) is 17.5. The second-order valence-electron chi connectivity index (χ2n) is 9.19. The molecule has 0 spiro atoms. The van der Waals surface area contributed by atoms with Crippen LogP contribution in [0.2, 0.25) is 0 Å². The summed E-state index contributed by atoms with van der Waals surface area (Å²) < 4.78 is 5.03. The van der Waals surface area contributed by atoms with Gasteiger partial charge in [-0.15, -0.1) is 0 Å². The standard InChI is InChI=1S/C24H36N6O3/c1-15-10-11-17-16(14-15)20(30-21(27-17)22(31)26-12-7-13-33-4)28-18-8-5-6-9-19(18)29-23(25)24(2,3)32/h10-11,14,18-19,32H,5-9,12-13H2,1-4H3,(H2,25,29)(H,26,31)(H,27,28,30)/t18-,19+/m0/s1. The Morgan fingerprint density at radius 2 is 2.06 bits per heavy atom. The van der Waals surface area contributed by atoms with Crippen LogP contribution in [0.15, 0.2) is 23.2 Å². The SMILES string of the molecule is COCCCNC(=O)c1nc(N[C@H]2CCCC[C@H]2N=C(N)C(C)(C)O)c2cc(C)ccc2n1. The molecule has 0 bridgehead atoms. The Bertz CT molecular complexity index is 1000. The van der Waals surface area contributed by atoms with Crippen molar-refractivity contribution in [3.05, 3.63) is 29.6 Å². The first-order valence-electron chi connectivity index (χ1n) is 11.6. The number of anilines is 1. The summed E-state index contributed by atoms with van der Waals surface area (Å²) in [6, 6.07) is 5.78. The van der Waals surface area contributed by atoms with Crippen molar-refractivity contribution in [1.29, 1.82) is 0 Å². The smallest absolute Gasteiger partial charge is 0.289 e. The van der Waals surface area contributed by atoms with E-state index in [9.17, 15) is 9.90 Å².